The van der Waals surface area contributed by atoms with Crippen molar-refractivity contribution in [1.29, 1.82) is 0 Å². The van der Waals surface area contributed by atoms with Gasteiger partial charge in [0, 0.05) is 17.2 Å². The molecule has 0 aromatic carbocycles. The van der Waals surface area contributed by atoms with Gasteiger partial charge in [-0.15, -0.1) is 12.4 Å². The van der Waals surface area contributed by atoms with E-state index in [1.807, 2.05) is 26.0 Å². The normalized spacial score (nSPS) is 18.3. The largest absolute Gasteiger partial charge is 0.294 e. The molecule has 0 atom stereocenters. The second kappa shape index (κ2) is 3.70. The molecule has 1 aliphatic carbocycles. The summed E-state index contributed by atoms with van der Waals surface area (Å²) in [5.74, 6) is 0.238. The molecule has 1 heterocycles. The molecule has 2 rings (SSSR count). The van der Waals surface area contributed by atoms with E-state index < -0.39 is 0 Å². The number of pyridine rings is 1. The van der Waals surface area contributed by atoms with Crippen LogP contribution in [0.3, 0.4) is 0 Å². The Hall–Kier alpha value is -0.890. The molecule has 0 amide bonds. The van der Waals surface area contributed by atoms with Crippen molar-refractivity contribution in [2.75, 3.05) is 0 Å². The molecule has 1 aromatic rings. The highest BCUT2D eigenvalue weighted by Crippen LogP contribution is 2.33. The van der Waals surface area contributed by atoms with Crippen LogP contribution in [-0.4, -0.2) is 10.8 Å². The first-order valence-corrected chi connectivity index (χ1v) is 4.60. The molecule has 2 nitrogen and oxygen atoms in total. The lowest BCUT2D eigenvalue weighted by Crippen LogP contribution is -2.30. The predicted molar refractivity (Wildman–Crippen MR) is 57.9 cm³/mol. The number of fused-ring (bicyclic) bond motifs is 1. The molecule has 0 radical (unpaired) electrons. The van der Waals surface area contributed by atoms with Gasteiger partial charge in [-0.25, -0.2) is 0 Å². The minimum atomic E-state index is -0.198. The molecule has 3 heteroatoms. The molecule has 0 saturated heterocycles. The number of aryl methyl sites for hydroxylation is 1. The number of Topliss-reactive ketones (excluding diaryl/α,β-unsaturated/α-hetero) is 1. The zero-order valence-corrected chi connectivity index (χ0v) is 9.23. The molecule has 1 aromatic heterocycles. The van der Waals surface area contributed by atoms with Crippen molar-refractivity contribution in [3.05, 3.63) is 29.6 Å². The predicted octanol–water partition coefficient (Wildman–Crippen LogP) is 2.66. The van der Waals surface area contributed by atoms with E-state index in [4.69, 9.17) is 0 Å². The van der Waals surface area contributed by atoms with E-state index in [0.717, 1.165) is 24.1 Å². The van der Waals surface area contributed by atoms with Crippen molar-refractivity contribution < 1.29 is 4.79 Å². The minimum Gasteiger partial charge on any atom is -0.294 e. The second-order valence-electron chi connectivity index (χ2n) is 4.21. The first kappa shape index (κ1) is 11.2. The van der Waals surface area contributed by atoms with Crippen LogP contribution >= 0.6 is 12.4 Å². The van der Waals surface area contributed by atoms with Crippen molar-refractivity contribution in [3.63, 3.8) is 0 Å². The molecule has 0 saturated carbocycles. The van der Waals surface area contributed by atoms with Crippen molar-refractivity contribution in [3.8, 4) is 0 Å². The number of hydrogen-bond acceptors (Lipinski definition) is 2. The lowest BCUT2D eigenvalue weighted by Gasteiger charge is -2.28. The van der Waals surface area contributed by atoms with Gasteiger partial charge in [-0.05, 0) is 25.0 Å². The first-order valence-electron chi connectivity index (χ1n) is 4.60. The maximum atomic E-state index is 11.9. The molecule has 0 spiro atoms. The maximum absolute atomic E-state index is 11.9. The lowest BCUT2D eigenvalue weighted by molar-refractivity contribution is 0.0809. The standard InChI is InChI=1S/C11H13NO.ClH/c1-11(2)6-5-9-8(10(11)13)4-3-7-12-9;/h3-4,7H,5-6H2,1-2H3;1H. The third kappa shape index (κ3) is 1.67. The Bertz CT molecular complexity index is 360. The smallest absolute Gasteiger partial charge is 0.170 e. The third-order valence-electron chi connectivity index (χ3n) is 2.74. The number of hydrogen-bond donors (Lipinski definition) is 0. The highest BCUT2D eigenvalue weighted by atomic mass is 35.5. The average Bonchev–Trinajstić information content (AvgIpc) is 2.13. The highest BCUT2D eigenvalue weighted by Gasteiger charge is 2.34. The Morgan fingerprint density at radius 3 is 2.86 bits per heavy atom. The highest BCUT2D eigenvalue weighted by molar-refractivity contribution is 6.01. The van der Waals surface area contributed by atoms with E-state index in [9.17, 15) is 4.79 Å². The van der Waals surface area contributed by atoms with Crippen LogP contribution in [0.25, 0.3) is 0 Å². The van der Waals surface area contributed by atoms with E-state index in [2.05, 4.69) is 4.98 Å². The van der Waals surface area contributed by atoms with Crippen molar-refractivity contribution >= 4 is 18.2 Å². The van der Waals surface area contributed by atoms with Gasteiger partial charge in [0.2, 0.25) is 0 Å². The molecule has 0 unspecified atom stereocenters. The van der Waals surface area contributed by atoms with Gasteiger partial charge < -0.3 is 0 Å². The molecule has 0 fully saturated rings. The van der Waals surface area contributed by atoms with Gasteiger partial charge in [0.1, 0.15) is 0 Å². The Labute approximate surface area is 90.1 Å². The SMILES string of the molecule is CC1(C)CCc2ncccc2C1=O.Cl. The maximum Gasteiger partial charge on any atom is 0.170 e. The summed E-state index contributed by atoms with van der Waals surface area (Å²) in [5, 5.41) is 0. The number of carbonyl (C=O) groups is 1. The summed E-state index contributed by atoms with van der Waals surface area (Å²) < 4.78 is 0. The summed E-state index contributed by atoms with van der Waals surface area (Å²) in [6.07, 6.45) is 3.59. The van der Waals surface area contributed by atoms with Crippen LogP contribution in [0.4, 0.5) is 0 Å². The Balaban J connectivity index is 0.000000980. The van der Waals surface area contributed by atoms with Crippen molar-refractivity contribution in [2.45, 2.75) is 26.7 Å². The van der Waals surface area contributed by atoms with Gasteiger partial charge >= 0.3 is 0 Å². The van der Waals surface area contributed by atoms with E-state index in [0.29, 0.717) is 0 Å². The number of ketones is 1. The van der Waals surface area contributed by atoms with Crippen LogP contribution in [0.5, 0.6) is 0 Å². The number of nitrogens with zero attached hydrogens (tertiary/aromatic N) is 1. The summed E-state index contributed by atoms with van der Waals surface area (Å²) in [5.41, 5.74) is 1.58. The van der Waals surface area contributed by atoms with Gasteiger partial charge in [-0.2, -0.15) is 0 Å². The van der Waals surface area contributed by atoms with E-state index >= 15 is 0 Å². The van der Waals surface area contributed by atoms with Crippen molar-refractivity contribution in [2.24, 2.45) is 5.41 Å². The van der Waals surface area contributed by atoms with E-state index in [1.54, 1.807) is 6.20 Å². The summed E-state index contributed by atoms with van der Waals surface area (Å²) in [6, 6.07) is 3.71. The molecular formula is C11H14ClNO. The van der Waals surface area contributed by atoms with Crippen LogP contribution in [0.2, 0.25) is 0 Å². The van der Waals surface area contributed by atoms with Gasteiger partial charge in [0.25, 0.3) is 0 Å². The fourth-order valence-electron chi connectivity index (χ4n) is 1.75. The fourth-order valence-corrected chi connectivity index (χ4v) is 1.75. The van der Waals surface area contributed by atoms with Crippen LogP contribution in [0.15, 0.2) is 18.3 Å². The monoisotopic (exact) mass is 211 g/mol. The first-order chi connectivity index (χ1) is 6.11. The molecule has 1 aliphatic rings. The molecule has 0 bridgehead atoms. The molecule has 0 N–H and O–H groups in total. The molecule has 14 heavy (non-hydrogen) atoms. The summed E-state index contributed by atoms with van der Waals surface area (Å²) in [4.78, 5) is 16.1. The van der Waals surface area contributed by atoms with Gasteiger partial charge in [0.05, 0.1) is 5.69 Å². The summed E-state index contributed by atoms with van der Waals surface area (Å²) >= 11 is 0. The van der Waals surface area contributed by atoms with Crippen LogP contribution in [0.1, 0.15) is 36.3 Å². The van der Waals surface area contributed by atoms with Crippen LogP contribution in [-0.2, 0) is 6.42 Å². The second-order valence-corrected chi connectivity index (χ2v) is 4.21. The molecule has 76 valence electrons. The zero-order chi connectivity index (χ0) is 9.47. The van der Waals surface area contributed by atoms with Gasteiger partial charge in [-0.3, -0.25) is 9.78 Å². The van der Waals surface area contributed by atoms with E-state index in [1.165, 1.54) is 0 Å². The van der Waals surface area contributed by atoms with Gasteiger partial charge in [0.15, 0.2) is 5.78 Å². The lowest BCUT2D eigenvalue weighted by atomic mass is 9.75. The summed E-state index contributed by atoms with van der Waals surface area (Å²) in [7, 11) is 0. The number of aromatic nitrogens is 1. The minimum absolute atomic E-state index is 0. The fraction of sp³-hybridized carbons (Fsp3) is 0.455. The average molecular weight is 212 g/mol. The Morgan fingerprint density at radius 2 is 2.14 bits per heavy atom. The molecular weight excluding hydrogens is 198 g/mol. The van der Waals surface area contributed by atoms with Crippen molar-refractivity contribution in [1.82, 2.24) is 4.98 Å². The Morgan fingerprint density at radius 1 is 1.43 bits per heavy atom. The van der Waals surface area contributed by atoms with E-state index in [-0.39, 0.29) is 23.6 Å². The zero-order valence-electron chi connectivity index (χ0n) is 8.41. The molecule has 0 aliphatic heterocycles. The summed E-state index contributed by atoms with van der Waals surface area (Å²) in [6.45, 7) is 4.01. The van der Waals surface area contributed by atoms with Gasteiger partial charge in [-0.1, -0.05) is 13.8 Å². The quantitative estimate of drug-likeness (QED) is 0.661. The van der Waals surface area contributed by atoms with Crippen LogP contribution < -0.4 is 0 Å². The topological polar surface area (TPSA) is 30.0 Å². The Kier molecular flexibility index (Phi) is 2.95. The number of carbonyl (C=O) groups excluding carboxylic acids is 1. The number of rotatable bonds is 0. The third-order valence-corrected chi connectivity index (χ3v) is 2.74. The van der Waals surface area contributed by atoms with Crippen LogP contribution in [0, 0.1) is 5.41 Å². The number of halogens is 1.